The molecule has 7 heteroatoms. The third kappa shape index (κ3) is 7.10. The molecule has 2 bridgehead atoms. The van der Waals surface area contributed by atoms with Gasteiger partial charge >= 0.3 is 0 Å². The summed E-state index contributed by atoms with van der Waals surface area (Å²) in [5, 5.41) is 3.43. The molecule has 1 aromatic carbocycles. The number of amides is 2. The SMILES string of the molecule is Nc1ccc(CN2CCN(C(=O)CNC(=O)CCCC3CC4CCCC(C3)C4)CC2)cc1Cl. The summed E-state index contributed by atoms with van der Waals surface area (Å²) in [7, 11) is 0. The van der Waals surface area contributed by atoms with E-state index in [0.29, 0.717) is 30.2 Å². The summed E-state index contributed by atoms with van der Waals surface area (Å²) in [5.74, 6) is 2.72. The van der Waals surface area contributed by atoms with Crippen LogP contribution >= 0.6 is 11.6 Å². The molecule has 2 saturated carbocycles. The van der Waals surface area contributed by atoms with Crippen molar-refractivity contribution in [2.45, 2.75) is 64.3 Å². The Morgan fingerprint density at radius 1 is 1.06 bits per heavy atom. The molecule has 2 aliphatic carbocycles. The highest BCUT2D eigenvalue weighted by molar-refractivity contribution is 6.33. The van der Waals surface area contributed by atoms with Crippen LogP contribution in [0.3, 0.4) is 0 Å². The highest BCUT2D eigenvalue weighted by Gasteiger charge is 2.31. The lowest BCUT2D eigenvalue weighted by Crippen LogP contribution is -2.50. The zero-order valence-electron chi connectivity index (χ0n) is 19.7. The average molecular weight is 475 g/mol. The standard InChI is InChI=1S/C26H39ClN4O2/c27-23-16-22(7-8-24(23)28)18-30-9-11-31(12-10-30)26(33)17-29-25(32)6-2-5-21-14-19-3-1-4-20(13-19)15-21/h7-8,16,19-21H,1-6,9-15,17-18,28H2,(H,29,32). The van der Waals surface area contributed by atoms with Crippen molar-refractivity contribution in [1.82, 2.24) is 15.1 Å². The van der Waals surface area contributed by atoms with Crippen LogP contribution in [0.15, 0.2) is 18.2 Å². The summed E-state index contributed by atoms with van der Waals surface area (Å²) in [6, 6.07) is 5.73. The maximum atomic E-state index is 12.5. The van der Waals surface area contributed by atoms with Crippen LogP contribution in [0.25, 0.3) is 0 Å². The van der Waals surface area contributed by atoms with E-state index in [4.69, 9.17) is 17.3 Å². The van der Waals surface area contributed by atoms with Crippen molar-refractivity contribution in [3.8, 4) is 0 Å². The van der Waals surface area contributed by atoms with Crippen molar-refractivity contribution in [3.05, 3.63) is 28.8 Å². The molecule has 2 unspecified atom stereocenters. The Morgan fingerprint density at radius 3 is 2.48 bits per heavy atom. The number of rotatable bonds is 8. The molecule has 1 aliphatic heterocycles. The third-order valence-electron chi connectivity index (χ3n) is 7.87. The fourth-order valence-electron chi connectivity index (χ4n) is 6.11. The summed E-state index contributed by atoms with van der Waals surface area (Å²) < 4.78 is 0. The number of piperazine rings is 1. The van der Waals surface area contributed by atoms with Gasteiger partial charge in [-0.2, -0.15) is 0 Å². The number of anilines is 1. The first-order valence-electron chi connectivity index (χ1n) is 12.8. The average Bonchev–Trinajstić information content (AvgIpc) is 2.80. The van der Waals surface area contributed by atoms with E-state index in [1.54, 1.807) is 0 Å². The molecule has 0 aromatic heterocycles. The zero-order chi connectivity index (χ0) is 23.2. The van der Waals surface area contributed by atoms with E-state index in [9.17, 15) is 9.59 Å². The van der Waals surface area contributed by atoms with Crippen molar-refractivity contribution in [1.29, 1.82) is 0 Å². The number of hydrogen-bond acceptors (Lipinski definition) is 4. The molecule has 3 aliphatic rings. The molecule has 6 nitrogen and oxygen atoms in total. The minimum Gasteiger partial charge on any atom is -0.398 e. The second-order valence-corrected chi connectivity index (χ2v) is 10.8. The normalized spacial score (nSPS) is 25.6. The molecule has 0 spiro atoms. The monoisotopic (exact) mass is 474 g/mol. The molecule has 1 heterocycles. The number of halogens is 1. The summed E-state index contributed by atoms with van der Waals surface area (Å²) in [6.45, 7) is 3.89. The molecule has 2 atom stereocenters. The highest BCUT2D eigenvalue weighted by atomic mass is 35.5. The number of benzene rings is 1. The van der Waals surface area contributed by atoms with Gasteiger partial charge in [-0.1, -0.05) is 36.9 Å². The topological polar surface area (TPSA) is 78.7 Å². The first-order valence-corrected chi connectivity index (χ1v) is 13.1. The number of nitrogens with one attached hydrogen (secondary N) is 1. The number of carbonyl (C=O) groups excluding carboxylic acids is 2. The van der Waals surface area contributed by atoms with Crippen LogP contribution < -0.4 is 11.1 Å². The molecule has 1 aromatic rings. The van der Waals surface area contributed by atoms with Gasteiger partial charge in [-0.25, -0.2) is 0 Å². The van der Waals surface area contributed by atoms with Crippen LogP contribution in [-0.2, 0) is 16.1 Å². The minimum atomic E-state index is 0.0122. The number of hydrogen-bond donors (Lipinski definition) is 2. The number of nitrogens with two attached hydrogens (primary N) is 1. The molecule has 2 amide bonds. The van der Waals surface area contributed by atoms with Gasteiger partial charge in [-0.05, 0) is 67.6 Å². The molecule has 3 N–H and O–H groups in total. The summed E-state index contributed by atoms with van der Waals surface area (Å²) in [4.78, 5) is 29.0. The smallest absolute Gasteiger partial charge is 0.242 e. The highest BCUT2D eigenvalue weighted by Crippen LogP contribution is 2.43. The molecular formula is C26H39ClN4O2. The molecule has 182 valence electrons. The summed E-state index contributed by atoms with van der Waals surface area (Å²) in [5.41, 5.74) is 7.50. The number of nitrogens with zero attached hydrogens (tertiary/aromatic N) is 2. The Balaban J connectivity index is 1.09. The number of fused-ring (bicyclic) bond motifs is 2. The number of carbonyl (C=O) groups is 2. The fraction of sp³-hybridized carbons (Fsp3) is 0.692. The van der Waals surface area contributed by atoms with E-state index < -0.39 is 0 Å². The number of nitrogen functional groups attached to an aromatic ring is 1. The Morgan fingerprint density at radius 2 is 1.79 bits per heavy atom. The summed E-state index contributed by atoms with van der Waals surface area (Å²) >= 11 is 6.12. The van der Waals surface area contributed by atoms with Crippen molar-refractivity contribution in [2.24, 2.45) is 17.8 Å². The van der Waals surface area contributed by atoms with Gasteiger partial charge in [-0.15, -0.1) is 0 Å². The molecule has 3 fully saturated rings. The van der Waals surface area contributed by atoms with Gasteiger partial charge in [0.15, 0.2) is 0 Å². The van der Waals surface area contributed by atoms with E-state index in [-0.39, 0.29) is 18.4 Å². The zero-order valence-corrected chi connectivity index (χ0v) is 20.5. The Kier molecular flexibility index (Phi) is 8.53. The molecule has 0 radical (unpaired) electrons. The van der Waals surface area contributed by atoms with Crippen molar-refractivity contribution in [3.63, 3.8) is 0 Å². The maximum absolute atomic E-state index is 12.5. The van der Waals surface area contributed by atoms with Gasteiger partial charge in [0.1, 0.15) is 0 Å². The molecular weight excluding hydrogens is 436 g/mol. The van der Waals surface area contributed by atoms with Gasteiger partial charge in [0, 0.05) is 39.1 Å². The van der Waals surface area contributed by atoms with Crippen LogP contribution in [-0.4, -0.2) is 54.3 Å². The third-order valence-corrected chi connectivity index (χ3v) is 8.20. The quantitative estimate of drug-likeness (QED) is 0.556. The predicted molar refractivity (Wildman–Crippen MR) is 133 cm³/mol. The largest absolute Gasteiger partial charge is 0.398 e. The van der Waals surface area contributed by atoms with E-state index >= 15 is 0 Å². The molecule has 4 rings (SSSR count). The molecule has 1 saturated heterocycles. The summed E-state index contributed by atoms with van der Waals surface area (Å²) in [6.07, 6.45) is 11.1. The van der Waals surface area contributed by atoms with Crippen molar-refractivity contribution < 1.29 is 9.59 Å². The van der Waals surface area contributed by atoms with Crippen LogP contribution in [0.4, 0.5) is 5.69 Å². The van der Waals surface area contributed by atoms with Gasteiger partial charge in [0.2, 0.25) is 11.8 Å². The lowest BCUT2D eigenvalue weighted by molar-refractivity contribution is -0.134. The van der Waals surface area contributed by atoms with Crippen LogP contribution in [0.2, 0.25) is 5.02 Å². The minimum absolute atomic E-state index is 0.0122. The first-order chi connectivity index (χ1) is 16.0. The maximum Gasteiger partial charge on any atom is 0.242 e. The lowest BCUT2D eigenvalue weighted by atomic mass is 9.67. The van der Waals surface area contributed by atoms with E-state index in [0.717, 1.165) is 55.8 Å². The predicted octanol–water partition coefficient (Wildman–Crippen LogP) is 4.07. The Labute approximate surface area is 203 Å². The van der Waals surface area contributed by atoms with E-state index in [2.05, 4.69) is 10.2 Å². The first kappa shape index (κ1) is 24.3. The van der Waals surface area contributed by atoms with E-state index in [1.807, 2.05) is 23.1 Å². The van der Waals surface area contributed by atoms with Crippen LogP contribution in [0, 0.1) is 17.8 Å². The van der Waals surface area contributed by atoms with E-state index in [1.165, 1.54) is 38.5 Å². The Hall–Kier alpha value is -1.79. The Bertz CT molecular complexity index is 813. The van der Waals surface area contributed by atoms with Crippen LogP contribution in [0.5, 0.6) is 0 Å². The van der Waals surface area contributed by atoms with Crippen molar-refractivity contribution in [2.75, 3.05) is 38.5 Å². The fourth-order valence-corrected chi connectivity index (χ4v) is 6.32. The lowest BCUT2D eigenvalue weighted by Gasteiger charge is -2.39. The van der Waals surface area contributed by atoms with Gasteiger partial charge < -0.3 is 16.0 Å². The second kappa shape index (κ2) is 11.6. The van der Waals surface area contributed by atoms with Crippen molar-refractivity contribution >= 4 is 29.1 Å². The molecule has 33 heavy (non-hydrogen) atoms. The van der Waals surface area contributed by atoms with Gasteiger partial charge in [0.25, 0.3) is 0 Å². The van der Waals surface area contributed by atoms with Crippen LogP contribution in [0.1, 0.15) is 63.4 Å². The van der Waals surface area contributed by atoms with Gasteiger partial charge in [0.05, 0.1) is 17.3 Å². The van der Waals surface area contributed by atoms with Gasteiger partial charge in [-0.3, -0.25) is 14.5 Å². The second-order valence-electron chi connectivity index (χ2n) is 10.4.